The molecule has 2 saturated carbocycles. The fraction of sp³-hybridized carbons (Fsp3) is 0.320. The molecule has 32 heavy (non-hydrogen) atoms. The van der Waals surface area contributed by atoms with Gasteiger partial charge in [-0.1, -0.05) is 35.4 Å². The summed E-state index contributed by atoms with van der Waals surface area (Å²) in [6.45, 7) is -0.181. The number of ketones is 1. The number of carbonyl (C=O) groups is 3. The molecular weight excluding hydrogens is 449 g/mol. The fourth-order valence-electron chi connectivity index (χ4n) is 5.85. The molecule has 2 aromatic rings. The highest BCUT2D eigenvalue weighted by molar-refractivity contribution is 6.35. The minimum absolute atomic E-state index is 0.0913. The van der Waals surface area contributed by atoms with Crippen LogP contribution >= 0.6 is 23.2 Å². The molecule has 3 fully saturated rings. The lowest BCUT2D eigenvalue weighted by molar-refractivity contribution is -0.124. The summed E-state index contributed by atoms with van der Waals surface area (Å²) in [5.41, 5.74) is 0.916. The summed E-state index contributed by atoms with van der Waals surface area (Å²) in [5.74, 6) is 1.13. The molecule has 1 aliphatic heterocycles. The molecule has 162 valence electrons. The molecule has 2 aromatic carbocycles. The molecule has 7 rings (SSSR count). The molecular formula is C25H19Cl2NO4. The monoisotopic (exact) mass is 467 g/mol. The van der Waals surface area contributed by atoms with Crippen LogP contribution in [0.25, 0.3) is 0 Å². The van der Waals surface area contributed by atoms with E-state index in [2.05, 4.69) is 12.2 Å². The zero-order chi connectivity index (χ0) is 22.1. The first kappa shape index (κ1) is 20.0. The van der Waals surface area contributed by atoms with Gasteiger partial charge < -0.3 is 4.74 Å². The van der Waals surface area contributed by atoms with Crippen molar-refractivity contribution in [1.29, 1.82) is 0 Å². The van der Waals surface area contributed by atoms with E-state index in [4.69, 9.17) is 27.9 Å². The Bertz CT molecular complexity index is 1130. The van der Waals surface area contributed by atoms with E-state index in [-0.39, 0.29) is 47.9 Å². The van der Waals surface area contributed by atoms with Crippen LogP contribution in [0.1, 0.15) is 16.8 Å². The molecule has 2 bridgehead atoms. The molecule has 0 aromatic heterocycles. The predicted octanol–water partition coefficient (Wildman–Crippen LogP) is 4.81. The largest absolute Gasteiger partial charge is 0.485 e. The van der Waals surface area contributed by atoms with Crippen LogP contribution in [-0.4, -0.2) is 24.2 Å². The summed E-state index contributed by atoms with van der Waals surface area (Å²) in [6.07, 6.45) is 5.47. The van der Waals surface area contributed by atoms with Crippen LogP contribution in [0.2, 0.25) is 10.0 Å². The van der Waals surface area contributed by atoms with Crippen molar-refractivity contribution in [2.45, 2.75) is 6.42 Å². The van der Waals surface area contributed by atoms with E-state index in [9.17, 15) is 14.4 Å². The first-order valence-electron chi connectivity index (χ1n) is 10.7. The van der Waals surface area contributed by atoms with Gasteiger partial charge in [0.15, 0.2) is 12.4 Å². The lowest BCUT2D eigenvalue weighted by atomic mass is 9.63. The van der Waals surface area contributed by atoms with E-state index in [0.717, 1.165) is 6.42 Å². The van der Waals surface area contributed by atoms with E-state index in [1.807, 2.05) is 0 Å². The van der Waals surface area contributed by atoms with E-state index >= 15 is 0 Å². The number of rotatable bonds is 5. The second kappa shape index (κ2) is 7.19. The molecule has 4 aliphatic carbocycles. The summed E-state index contributed by atoms with van der Waals surface area (Å²) in [7, 11) is 0. The fourth-order valence-corrected chi connectivity index (χ4v) is 6.38. The lowest BCUT2D eigenvalue weighted by Crippen LogP contribution is -2.40. The Kier molecular flexibility index (Phi) is 4.50. The third kappa shape index (κ3) is 3.02. The molecule has 0 radical (unpaired) electrons. The first-order valence-corrected chi connectivity index (χ1v) is 11.5. The Morgan fingerprint density at radius 1 is 0.906 bits per heavy atom. The van der Waals surface area contributed by atoms with Gasteiger partial charge >= 0.3 is 0 Å². The van der Waals surface area contributed by atoms with Gasteiger partial charge in [0, 0.05) is 15.6 Å². The van der Waals surface area contributed by atoms with Crippen molar-refractivity contribution in [2.24, 2.45) is 35.5 Å². The molecule has 7 heteroatoms. The molecule has 2 amide bonds. The Morgan fingerprint density at radius 3 is 2.03 bits per heavy atom. The lowest BCUT2D eigenvalue weighted by Gasteiger charge is -2.37. The number of imide groups is 1. The van der Waals surface area contributed by atoms with Gasteiger partial charge in [-0.3, -0.25) is 19.3 Å². The van der Waals surface area contributed by atoms with Crippen LogP contribution in [0, 0.1) is 35.5 Å². The quantitative estimate of drug-likeness (QED) is 0.359. The number of allylic oxidation sites excluding steroid dienone is 2. The maximum atomic E-state index is 13.2. The van der Waals surface area contributed by atoms with Gasteiger partial charge in [-0.25, -0.2) is 0 Å². The molecule has 0 N–H and O–H groups in total. The van der Waals surface area contributed by atoms with Crippen molar-refractivity contribution in [3.8, 4) is 5.75 Å². The average Bonchev–Trinajstić information content (AvgIpc) is 3.55. The average molecular weight is 468 g/mol. The highest BCUT2D eigenvalue weighted by atomic mass is 35.5. The smallest absolute Gasteiger partial charge is 0.238 e. The summed E-state index contributed by atoms with van der Waals surface area (Å²) >= 11 is 11.9. The van der Waals surface area contributed by atoms with Gasteiger partial charge in [-0.2, -0.15) is 0 Å². The van der Waals surface area contributed by atoms with Gasteiger partial charge in [0.2, 0.25) is 11.8 Å². The summed E-state index contributed by atoms with van der Waals surface area (Å²) < 4.78 is 5.60. The van der Waals surface area contributed by atoms with E-state index in [0.29, 0.717) is 38.9 Å². The predicted molar refractivity (Wildman–Crippen MR) is 120 cm³/mol. The molecule has 1 heterocycles. The molecule has 6 atom stereocenters. The standard InChI is InChI=1S/C25H19Cl2NO4/c26-13-7-12(8-14(27)9-13)21(29)11-32-16-3-1-15(2-4-16)28-24(30)22-17-5-6-18(20-10-19(17)20)23(22)25(28)31/h1-9,17-20,22-23H,10-11H2. The molecule has 6 unspecified atom stereocenters. The van der Waals surface area contributed by atoms with Crippen LogP contribution in [0.5, 0.6) is 5.75 Å². The number of Topliss-reactive ketones (excluding diaryl/α,β-unsaturated/α-hetero) is 1. The van der Waals surface area contributed by atoms with Crippen molar-refractivity contribution in [1.82, 2.24) is 0 Å². The zero-order valence-electron chi connectivity index (χ0n) is 16.9. The molecule has 5 nitrogen and oxygen atoms in total. The zero-order valence-corrected chi connectivity index (χ0v) is 18.4. The van der Waals surface area contributed by atoms with Gasteiger partial charge in [-0.05, 0) is 72.6 Å². The van der Waals surface area contributed by atoms with Crippen molar-refractivity contribution >= 4 is 46.5 Å². The SMILES string of the molecule is O=C(COc1ccc(N2C(=O)C3C4C=CC(C5CC45)C3C2=O)cc1)c1cc(Cl)cc(Cl)c1. The Balaban J connectivity index is 1.16. The maximum Gasteiger partial charge on any atom is 0.238 e. The number of hydrogen-bond acceptors (Lipinski definition) is 4. The number of halogens is 2. The number of benzene rings is 2. The Hall–Kier alpha value is -2.63. The van der Waals surface area contributed by atoms with Crippen molar-refractivity contribution in [3.63, 3.8) is 0 Å². The van der Waals surface area contributed by atoms with Gasteiger partial charge in [0.25, 0.3) is 0 Å². The highest BCUT2D eigenvalue weighted by Gasteiger charge is 2.67. The number of amides is 2. The normalized spacial score (nSPS) is 31.5. The number of carbonyl (C=O) groups excluding carboxylic acids is 3. The van der Waals surface area contributed by atoms with Crippen LogP contribution in [0.3, 0.4) is 0 Å². The number of nitrogens with zero attached hydrogens (tertiary/aromatic N) is 1. The van der Waals surface area contributed by atoms with E-state index < -0.39 is 0 Å². The van der Waals surface area contributed by atoms with E-state index in [1.54, 1.807) is 30.3 Å². The van der Waals surface area contributed by atoms with Crippen LogP contribution < -0.4 is 9.64 Å². The minimum Gasteiger partial charge on any atom is -0.485 e. The van der Waals surface area contributed by atoms with Crippen LogP contribution in [-0.2, 0) is 9.59 Å². The van der Waals surface area contributed by atoms with Gasteiger partial charge in [0.05, 0.1) is 17.5 Å². The number of anilines is 1. The Morgan fingerprint density at radius 2 is 1.47 bits per heavy atom. The maximum absolute atomic E-state index is 13.2. The molecule has 5 aliphatic rings. The topological polar surface area (TPSA) is 63.7 Å². The molecule has 1 saturated heterocycles. The van der Waals surface area contributed by atoms with Crippen molar-refractivity contribution in [2.75, 3.05) is 11.5 Å². The highest BCUT2D eigenvalue weighted by Crippen LogP contribution is 2.65. The van der Waals surface area contributed by atoms with Gasteiger partial charge in [-0.15, -0.1) is 0 Å². The summed E-state index contributed by atoms with van der Waals surface area (Å²) in [6, 6.07) is 11.4. The molecule has 0 spiro atoms. The third-order valence-corrected chi connectivity index (χ3v) is 7.75. The second-order valence-corrected chi connectivity index (χ2v) is 9.90. The summed E-state index contributed by atoms with van der Waals surface area (Å²) in [5, 5.41) is 0.762. The minimum atomic E-state index is -0.256. The van der Waals surface area contributed by atoms with Crippen molar-refractivity contribution < 1.29 is 19.1 Å². The third-order valence-electron chi connectivity index (χ3n) is 7.31. The van der Waals surface area contributed by atoms with Crippen LogP contribution in [0.15, 0.2) is 54.6 Å². The summed E-state index contributed by atoms with van der Waals surface area (Å²) in [4.78, 5) is 40.1. The van der Waals surface area contributed by atoms with Crippen molar-refractivity contribution in [3.05, 3.63) is 70.2 Å². The number of ether oxygens (including phenoxy) is 1. The van der Waals surface area contributed by atoms with Gasteiger partial charge in [0.1, 0.15) is 5.75 Å². The number of hydrogen-bond donors (Lipinski definition) is 0. The Labute approximate surface area is 194 Å². The second-order valence-electron chi connectivity index (χ2n) is 9.03. The first-order chi connectivity index (χ1) is 15.4. The van der Waals surface area contributed by atoms with E-state index in [1.165, 1.54) is 17.0 Å². The van der Waals surface area contributed by atoms with Crippen LogP contribution in [0.4, 0.5) is 5.69 Å².